The van der Waals surface area contributed by atoms with Crippen LogP contribution in [0.2, 0.25) is 0 Å². The van der Waals surface area contributed by atoms with Gasteiger partial charge >= 0.3 is 5.97 Å². The zero-order valence-electron chi connectivity index (χ0n) is 9.83. The van der Waals surface area contributed by atoms with Gasteiger partial charge < -0.3 is 14.2 Å². The van der Waals surface area contributed by atoms with Crippen molar-refractivity contribution in [3.05, 3.63) is 12.7 Å². The molecule has 0 bridgehead atoms. The van der Waals surface area contributed by atoms with Crippen molar-refractivity contribution in [2.75, 3.05) is 34.5 Å². The van der Waals surface area contributed by atoms with Gasteiger partial charge in [0.15, 0.2) is 0 Å². The van der Waals surface area contributed by atoms with E-state index in [0.29, 0.717) is 6.61 Å². The highest BCUT2D eigenvalue weighted by molar-refractivity contribution is 5.65. The number of carbonyl (C=O) groups is 1. The molecule has 0 aromatic rings. The van der Waals surface area contributed by atoms with Gasteiger partial charge in [-0.15, -0.1) is 6.58 Å². The first kappa shape index (κ1) is 18.8. The first-order chi connectivity index (χ1) is 6.60. The lowest BCUT2D eigenvalue weighted by Gasteiger charge is -1.80. The van der Waals surface area contributed by atoms with Crippen molar-refractivity contribution >= 4 is 5.97 Å². The van der Waals surface area contributed by atoms with E-state index in [1.807, 2.05) is 6.92 Å². The molecule has 0 heterocycles. The van der Waals surface area contributed by atoms with Crippen LogP contribution in [0.5, 0.6) is 0 Å². The van der Waals surface area contributed by atoms with E-state index in [1.165, 1.54) is 14.0 Å². The number of methoxy groups -OCH3 is 3. The summed E-state index contributed by atoms with van der Waals surface area (Å²) < 4.78 is 13.2. The Bertz CT molecular complexity index is 111. The Balaban J connectivity index is -0.000000131. The largest absolute Gasteiger partial charge is 0.469 e. The number of hydrogen-bond acceptors (Lipinski definition) is 4. The van der Waals surface area contributed by atoms with Gasteiger partial charge in [0.2, 0.25) is 0 Å². The Morgan fingerprint density at radius 2 is 1.64 bits per heavy atom. The van der Waals surface area contributed by atoms with Crippen molar-refractivity contribution in [3.63, 3.8) is 0 Å². The number of ether oxygens (including phenoxy) is 3. The molecule has 0 fully saturated rings. The summed E-state index contributed by atoms with van der Waals surface area (Å²) >= 11 is 0. The van der Waals surface area contributed by atoms with Crippen LogP contribution in [-0.2, 0) is 19.0 Å². The van der Waals surface area contributed by atoms with E-state index in [2.05, 4.69) is 20.8 Å². The van der Waals surface area contributed by atoms with Gasteiger partial charge in [0.25, 0.3) is 0 Å². The van der Waals surface area contributed by atoms with Crippen molar-refractivity contribution in [2.45, 2.75) is 13.8 Å². The van der Waals surface area contributed by atoms with E-state index in [-0.39, 0.29) is 5.97 Å². The number of esters is 1. The fourth-order valence-electron chi connectivity index (χ4n) is 0.118. The van der Waals surface area contributed by atoms with E-state index < -0.39 is 0 Å². The SMILES string of the molecule is C=CCOC.CCOC.COC(C)=O. The van der Waals surface area contributed by atoms with Crippen molar-refractivity contribution < 1.29 is 19.0 Å². The fraction of sp³-hybridized carbons (Fsp3) is 0.700. The molecule has 0 amide bonds. The maximum atomic E-state index is 9.59. The van der Waals surface area contributed by atoms with Crippen LogP contribution in [0.3, 0.4) is 0 Å². The molecule has 4 nitrogen and oxygen atoms in total. The first-order valence-electron chi connectivity index (χ1n) is 4.23. The predicted octanol–water partition coefficient (Wildman–Crippen LogP) is 1.65. The minimum atomic E-state index is -0.245. The fourth-order valence-corrected chi connectivity index (χ4v) is 0.118. The zero-order chi connectivity index (χ0) is 11.8. The van der Waals surface area contributed by atoms with Crippen LogP contribution in [-0.4, -0.2) is 40.5 Å². The molecule has 0 N–H and O–H groups in total. The number of rotatable bonds is 3. The molecule has 0 atom stereocenters. The number of carbonyl (C=O) groups excluding carboxylic acids is 1. The van der Waals surface area contributed by atoms with Crippen LogP contribution in [0.15, 0.2) is 12.7 Å². The third-order valence-corrected chi connectivity index (χ3v) is 0.861. The second kappa shape index (κ2) is 22.7. The molecular weight excluding hydrogens is 184 g/mol. The van der Waals surface area contributed by atoms with Crippen LogP contribution in [0, 0.1) is 0 Å². The van der Waals surface area contributed by atoms with Crippen molar-refractivity contribution in [3.8, 4) is 0 Å². The van der Waals surface area contributed by atoms with Crippen LogP contribution < -0.4 is 0 Å². The Labute approximate surface area is 86.8 Å². The second-order valence-corrected chi connectivity index (χ2v) is 2.02. The van der Waals surface area contributed by atoms with Crippen LogP contribution in [0.25, 0.3) is 0 Å². The lowest BCUT2D eigenvalue weighted by atomic mass is 10.7. The molecule has 0 spiro atoms. The molecule has 86 valence electrons. The van der Waals surface area contributed by atoms with Crippen LogP contribution in [0.1, 0.15) is 13.8 Å². The van der Waals surface area contributed by atoms with Crippen LogP contribution >= 0.6 is 0 Å². The summed E-state index contributed by atoms with van der Waals surface area (Å²) in [6.07, 6.45) is 1.71. The topological polar surface area (TPSA) is 44.8 Å². The summed E-state index contributed by atoms with van der Waals surface area (Å²) in [5.74, 6) is -0.245. The summed E-state index contributed by atoms with van der Waals surface area (Å²) in [5.41, 5.74) is 0. The number of hydrogen-bond donors (Lipinski definition) is 0. The average molecular weight is 206 g/mol. The van der Waals surface area contributed by atoms with Gasteiger partial charge in [0, 0.05) is 27.8 Å². The van der Waals surface area contributed by atoms with Gasteiger partial charge in [-0.3, -0.25) is 4.79 Å². The highest BCUT2D eigenvalue weighted by Crippen LogP contribution is 1.61. The Kier molecular flexibility index (Phi) is 30.6. The van der Waals surface area contributed by atoms with Crippen molar-refractivity contribution in [2.24, 2.45) is 0 Å². The van der Waals surface area contributed by atoms with Gasteiger partial charge in [0.1, 0.15) is 0 Å². The van der Waals surface area contributed by atoms with Gasteiger partial charge in [-0.05, 0) is 6.92 Å². The molecule has 0 aliphatic carbocycles. The lowest BCUT2D eigenvalue weighted by molar-refractivity contribution is -0.137. The third-order valence-electron chi connectivity index (χ3n) is 0.861. The second-order valence-electron chi connectivity index (χ2n) is 2.02. The van der Waals surface area contributed by atoms with Gasteiger partial charge in [0.05, 0.1) is 13.7 Å². The molecule has 0 aromatic heterocycles. The molecule has 0 aliphatic rings. The van der Waals surface area contributed by atoms with Gasteiger partial charge in [-0.2, -0.15) is 0 Å². The third kappa shape index (κ3) is 67.0. The maximum Gasteiger partial charge on any atom is 0.302 e. The molecule has 4 heteroatoms. The molecule has 0 aromatic carbocycles. The quantitative estimate of drug-likeness (QED) is 0.520. The normalized spacial score (nSPS) is 7.21. The molecule has 0 unspecified atom stereocenters. The maximum absolute atomic E-state index is 9.59. The summed E-state index contributed by atoms with van der Waals surface area (Å²) in [7, 11) is 4.67. The molecule has 0 saturated carbocycles. The van der Waals surface area contributed by atoms with E-state index in [0.717, 1.165) is 6.61 Å². The molecule has 0 rings (SSSR count). The highest BCUT2D eigenvalue weighted by atomic mass is 16.5. The Morgan fingerprint density at radius 1 is 1.29 bits per heavy atom. The van der Waals surface area contributed by atoms with E-state index in [9.17, 15) is 4.79 Å². The molecule has 0 radical (unpaired) electrons. The van der Waals surface area contributed by atoms with E-state index in [4.69, 9.17) is 0 Å². The molecule has 14 heavy (non-hydrogen) atoms. The van der Waals surface area contributed by atoms with Crippen molar-refractivity contribution in [1.29, 1.82) is 0 Å². The monoisotopic (exact) mass is 206 g/mol. The molecule has 0 saturated heterocycles. The minimum absolute atomic E-state index is 0.245. The minimum Gasteiger partial charge on any atom is -0.469 e. The van der Waals surface area contributed by atoms with Crippen molar-refractivity contribution in [1.82, 2.24) is 0 Å². The summed E-state index contributed by atoms with van der Waals surface area (Å²) in [6, 6.07) is 0. The summed E-state index contributed by atoms with van der Waals surface area (Å²) in [5, 5.41) is 0. The summed E-state index contributed by atoms with van der Waals surface area (Å²) in [6.45, 7) is 8.22. The Hall–Kier alpha value is -0.870. The van der Waals surface area contributed by atoms with Crippen LogP contribution in [0.4, 0.5) is 0 Å². The standard InChI is InChI=1S/C4H8O.C3H6O2.C3H8O/c1-3-4-5-2;1-3(4)5-2;1-3-4-2/h3H,1,4H2,2H3;1-2H3;3H2,1-2H3. The zero-order valence-corrected chi connectivity index (χ0v) is 9.83. The van der Waals surface area contributed by atoms with E-state index in [1.54, 1.807) is 20.3 Å². The van der Waals surface area contributed by atoms with Gasteiger partial charge in [-0.25, -0.2) is 0 Å². The van der Waals surface area contributed by atoms with Gasteiger partial charge in [-0.1, -0.05) is 6.08 Å². The van der Waals surface area contributed by atoms with E-state index >= 15 is 0 Å². The average Bonchev–Trinajstić information content (AvgIpc) is 2.20. The smallest absolute Gasteiger partial charge is 0.302 e. The lowest BCUT2D eigenvalue weighted by Crippen LogP contribution is -1.88. The predicted molar refractivity (Wildman–Crippen MR) is 57.3 cm³/mol. The Morgan fingerprint density at radius 3 is 1.64 bits per heavy atom. The highest BCUT2D eigenvalue weighted by Gasteiger charge is 1.75. The molecular formula is C10H22O4. The first-order valence-corrected chi connectivity index (χ1v) is 4.23. The molecule has 0 aliphatic heterocycles. The summed E-state index contributed by atoms with van der Waals surface area (Å²) in [4.78, 5) is 9.59.